The first-order valence-electron chi connectivity index (χ1n) is 5.12. The van der Waals surface area contributed by atoms with Gasteiger partial charge in [-0.05, 0) is 17.7 Å². The van der Waals surface area contributed by atoms with E-state index in [0.717, 1.165) is 5.56 Å². The predicted octanol–water partition coefficient (Wildman–Crippen LogP) is 1.98. The Morgan fingerprint density at radius 1 is 1.29 bits per heavy atom. The van der Waals surface area contributed by atoms with Crippen LogP contribution in [0.15, 0.2) is 29.2 Å². The SMILES string of the molecule is CCC(=O)N(C)Cc1ccc(S(=O)(=O)Cl)cc1. The van der Waals surface area contributed by atoms with Crippen molar-refractivity contribution in [2.75, 3.05) is 7.05 Å². The average molecular weight is 276 g/mol. The van der Waals surface area contributed by atoms with E-state index in [2.05, 4.69) is 0 Å². The van der Waals surface area contributed by atoms with Crippen molar-refractivity contribution < 1.29 is 13.2 Å². The van der Waals surface area contributed by atoms with Crippen LogP contribution in [0, 0.1) is 0 Å². The molecule has 0 radical (unpaired) electrons. The van der Waals surface area contributed by atoms with Gasteiger partial charge in [0.2, 0.25) is 5.91 Å². The Morgan fingerprint density at radius 3 is 2.24 bits per heavy atom. The van der Waals surface area contributed by atoms with E-state index in [-0.39, 0.29) is 10.8 Å². The minimum absolute atomic E-state index is 0.0408. The highest BCUT2D eigenvalue weighted by molar-refractivity contribution is 8.13. The molecule has 0 atom stereocenters. The van der Waals surface area contributed by atoms with Gasteiger partial charge in [-0.15, -0.1) is 0 Å². The van der Waals surface area contributed by atoms with Crippen molar-refractivity contribution in [3.8, 4) is 0 Å². The average Bonchev–Trinajstić information content (AvgIpc) is 2.27. The number of carbonyl (C=O) groups is 1. The molecule has 4 nitrogen and oxygen atoms in total. The first-order chi connectivity index (χ1) is 7.84. The van der Waals surface area contributed by atoms with Crippen LogP contribution in [0.3, 0.4) is 0 Å². The smallest absolute Gasteiger partial charge is 0.261 e. The summed E-state index contributed by atoms with van der Waals surface area (Å²) in [6.07, 6.45) is 0.449. The Balaban J connectivity index is 2.79. The largest absolute Gasteiger partial charge is 0.341 e. The predicted molar refractivity (Wildman–Crippen MR) is 66.2 cm³/mol. The van der Waals surface area contributed by atoms with Gasteiger partial charge in [-0.2, -0.15) is 0 Å². The van der Waals surface area contributed by atoms with Gasteiger partial charge in [0.1, 0.15) is 0 Å². The molecule has 17 heavy (non-hydrogen) atoms. The summed E-state index contributed by atoms with van der Waals surface area (Å²) in [6.45, 7) is 2.25. The van der Waals surface area contributed by atoms with Crippen LogP contribution < -0.4 is 0 Å². The van der Waals surface area contributed by atoms with Crippen molar-refractivity contribution in [2.24, 2.45) is 0 Å². The van der Waals surface area contributed by atoms with Gasteiger partial charge in [0.25, 0.3) is 9.05 Å². The number of amides is 1. The van der Waals surface area contributed by atoms with Crippen LogP contribution >= 0.6 is 10.7 Å². The zero-order valence-corrected chi connectivity index (χ0v) is 11.3. The van der Waals surface area contributed by atoms with E-state index in [1.807, 2.05) is 0 Å². The summed E-state index contributed by atoms with van der Waals surface area (Å²) in [5.41, 5.74) is 0.860. The van der Waals surface area contributed by atoms with Gasteiger partial charge in [0.15, 0.2) is 0 Å². The highest BCUT2D eigenvalue weighted by Crippen LogP contribution is 2.16. The van der Waals surface area contributed by atoms with Crippen molar-refractivity contribution in [3.05, 3.63) is 29.8 Å². The summed E-state index contributed by atoms with van der Waals surface area (Å²) in [7, 11) is 3.23. The zero-order valence-electron chi connectivity index (χ0n) is 9.68. The van der Waals surface area contributed by atoms with Gasteiger partial charge >= 0.3 is 0 Å². The van der Waals surface area contributed by atoms with Crippen LogP contribution in [-0.2, 0) is 20.4 Å². The molecule has 0 bridgehead atoms. The Kier molecular flexibility index (Phi) is 4.54. The minimum Gasteiger partial charge on any atom is -0.341 e. The number of benzene rings is 1. The van der Waals surface area contributed by atoms with Crippen molar-refractivity contribution in [1.29, 1.82) is 0 Å². The summed E-state index contributed by atoms with van der Waals surface area (Å²) < 4.78 is 22.0. The lowest BCUT2D eigenvalue weighted by molar-refractivity contribution is -0.130. The molecule has 0 aromatic heterocycles. The van der Waals surface area contributed by atoms with Crippen LogP contribution in [0.2, 0.25) is 0 Å². The third-order valence-electron chi connectivity index (χ3n) is 2.35. The Bertz CT molecular complexity index is 496. The number of carbonyl (C=O) groups excluding carboxylic acids is 1. The molecular weight excluding hydrogens is 262 g/mol. The van der Waals surface area contributed by atoms with Crippen molar-refractivity contribution in [3.63, 3.8) is 0 Å². The Hall–Kier alpha value is -1.07. The maximum atomic E-state index is 11.4. The van der Waals surface area contributed by atoms with Gasteiger partial charge in [0.05, 0.1) is 4.90 Å². The lowest BCUT2D eigenvalue weighted by Crippen LogP contribution is -2.25. The Labute approximate surface area is 106 Å². The quantitative estimate of drug-likeness (QED) is 0.790. The fourth-order valence-electron chi connectivity index (χ4n) is 1.39. The van der Waals surface area contributed by atoms with Crippen LogP contribution in [0.4, 0.5) is 0 Å². The van der Waals surface area contributed by atoms with E-state index in [1.165, 1.54) is 12.1 Å². The standard InChI is InChI=1S/C11H14ClNO3S/c1-3-11(14)13(2)8-9-4-6-10(7-5-9)17(12,15)16/h4-7H,3,8H2,1-2H3. The van der Waals surface area contributed by atoms with Gasteiger partial charge in [-0.3, -0.25) is 4.79 Å². The molecule has 1 rings (SSSR count). The van der Waals surface area contributed by atoms with E-state index in [0.29, 0.717) is 13.0 Å². The second kappa shape index (κ2) is 5.51. The Morgan fingerprint density at radius 2 is 1.82 bits per heavy atom. The monoisotopic (exact) mass is 275 g/mol. The van der Waals surface area contributed by atoms with E-state index >= 15 is 0 Å². The topological polar surface area (TPSA) is 54.5 Å². The molecule has 1 aromatic carbocycles. The molecule has 0 heterocycles. The molecule has 0 aliphatic rings. The fraction of sp³-hybridized carbons (Fsp3) is 0.364. The molecule has 0 spiro atoms. The van der Waals surface area contributed by atoms with Crippen molar-refractivity contribution in [1.82, 2.24) is 4.90 Å². The number of halogens is 1. The maximum Gasteiger partial charge on any atom is 0.261 e. The van der Waals surface area contributed by atoms with Crippen molar-refractivity contribution >= 4 is 25.6 Å². The molecule has 0 aliphatic heterocycles. The highest BCUT2D eigenvalue weighted by atomic mass is 35.7. The molecule has 0 saturated carbocycles. The highest BCUT2D eigenvalue weighted by Gasteiger charge is 2.10. The van der Waals surface area contributed by atoms with E-state index in [9.17, 15) is 13.2 Å². The lowest BCUT2D eigenvalue weighted by atomic mass is 10.2. The lowest BCUT2D eigenvalue weighted by Gasteiger charge is -2.16. The molecule has 0 aliphatic carbocycles. The summed E-state index contributed by atoms with van der Waals surface area (Å²) in [5.74, 6) is 0.0408. The third-order valence-corrected chi connectivity index (χ3v) is 3.72. The van der Waals surface area contributed by atoms with E-state index in [4.69, 9.17) is 10.7 Å². The van der Waals surface area contributed by atoms with Gasteiger partial charge < -0.3 is 4.90 Å². The molecule has 0 N–H and O–H groups in total. The zero-order chi connectivity index (χ0) is 13.1. The molecule has 94 valence electrons. The molecule has 6 heteroatoms. The second-order valence-corrected chi connectivity index (χ2v) is 6.25. The first-order valence-corrected chi connectivity index (χ1v) is 7.43. The number of nitrogens with zero attached hydrogens (tertiary/aromatic N) is 1. The molecule has 1 aromatic rings. The van der Waals surface area contributed by atoms with Gasteiger partial charge in [-0.1, -0.05) is 19.1 Å². The molecule has 0 unspecified atom stereocenters. The minimum atomic E-state index is -3.68. The third kappa shape index (κ3) is 4.02. The molecule has 1 amide bonds. The van der Waals surface area contributed by atoms with E-state index < -0.39 is 9.05 Å². The maximum absolute atomic E-state index is 11.4. The molecule has 0 fully saturated rings. The summed E-state index contributed by atoms with van der Waals surface area (Å²) in [5, 5.41) is 0. The summed E-state index contributed by atoms with van der Waals surface area (Å²) >= 11 is 0. The summed E-state index contributed by atoms with van der Waals surface area (Å²) in [6, 6.07) is 6.16. The first kappa shape index (κ1) is 14.0. The second-order valence-electron chi connectivity index (χ2n) is 3.69. The van der Waals surface area contributed by atoms with Crippen LogP contribution in [0.25, 0.3) is 0 Å². The molecule has 0 saturated heterocycles. The van der Waals surface area contributed by atoms with Crippen LogP contribution in [-0.4, -0.2) is 26.3 Å². The van der Waals surface area contributed by atoms with Crippen molar-refractivity contribution in [2.45, 2.75) is 24.8 Å². The fourth-order valence-corrected chi connectivity index (χ4v) is 2.16. The van der Waals surface area contributed by atoms with Crippen LogP contribution in [0.1, 0.15) is 18.9 Å². The number of hydrogen-bond acceptors (Lipinski definition) is 3. The van der Waals surface area contributed by atoms with E-state index in [1.54, 1.807) is 31.0 Å². The van der Waals surface area contributed by atoms with Gasteiger partial charge in [-0.25, -0.2) is 8.42 Å². The van der Waals surface area contributed by atoms with Gasteiger partial charge in [0, 0.05) is 30.7 Å². The number of hydrogen-bond donors (Lipinski definition) is 0. The summed E-state index contributed by atoms with van der Waals surface area (Å²) in [4.78, 5) is 13.0. The van der Waals surface area contributed by atoms with Crippen LogP contribution in [0.5, 0.6) is 0 Å². The normalized spacial score (nSPS) is 11.2. The molecular formula is C11H14ClNO3S. The number of rotatable bonds is 4.